The molecule has 0 unspecified atom stereocenters. The van der Waals surface area contributed by atoms with Crippen molar-refractivity contribution in [1.82, 2.24) is 5.32 Å². The second-order valence-electron chi connectivity index (χ2n) is 5.10. The van der Waals surface area contributed by atoms with Crippen LogP contribution in [0.3, 0.4) is 0 Å². The molecule has 0 spiro atoms. The molecule has 0 atom stereocenters. The van der Waals surface area contributed by atoms with Crippen LogP contribution in [-0.2, 0) is 11.4 Å². The first-order valence-corrected chi connectivity index (χ1v) is 9.44. The molecule has 0 aliphatic carbocycles. The second-order valence-corrected chi connectivity index (χ2v) is 7.91. The number of carbonyl (C=O) groups is 1. The van der Waals surface area contributed by atoms with Crippen LogP contribution in [0.5, 0.6) is 5.75 Å². The number of amides is 1. The number of ether oxygens (including phenoxy) is 1. The van der Waals surface area contributed by atoms with Gasteiger partial charge in [-0.1, -0.05) is 45.2 Å². The summed E-state index contributed by atoms with van der Waals surface area (Å²) in [4.78, 5) is 12.3. The highest BCUT2D eigenvalue weighted by atomic mass is 79.9. The van der Waals surface area contributed by atoms with E-state index in [0.29, 0.717) is 20.7 Å². The normalized spacial score (nSPS) is 15.6. The van der Waals surface area contributed by atoms with E-state index in [4.69, 9.17) is 33.3 Å². The van der Waals surface area contributed by atoms with E-state index >= 15 is 0 Å². The topological polar surface area (TPSA) is 62.2 Å². The molecule has 128 valence electrons. The summed E-state index contributed by atoms with van der Waals surface area (Å²) in [6.45, 7) is 0.267. The zero-order chi connectivity index (χ0) is 18.0. The highest BCUT2D eigenvalue weighted by Gasteiger charge is 2.22. The smallest absolute Gasteiger partial charge is 0.264 e. The largest absolute Gasteiger partial charge is 0.488 e. The van der Waals surface area contributed by atoms with Crippen molar-refractivity contribution < 1.29 is 9.53 Å². The number of benzene rings is 2. The zero-order valence-electron chi connectivity index (χ0n) is 12.6. The summed E-state index contributed by atoms with van der Waals surface area (Å²) in [5.74, 6) is 0.315. The maximum atomic E-state index is 11.8. The van der Waals surface area contributed by atoms with Crippen LogP contribution in [0.15, 0.2) is 45.8 Å². The van der Waals surface area contributed by atoms with Gasteiger partial charge in [-0.2, -0.15) is 0 Å². The van der Waals surface area contributed by atoms with Crippen LogP contribution in [0.4, 0.5) is 0 Å². The van der Waals surface area contributed by atoms with Gasteiger partial charge in [-0.15, -0.1) is 0 Å². The third-order valence-electron chi connectivity index (χ3n) is 3.32. The fourth-order valence-electron chi connectivity index (χ4n) is 2.14. The van der Waals surface area contributed by atoms with Crippen LogP contribution < -0.4 is 10.1 Å². The van der Waals surface area contributed by atoms with Crippen molar-refractivity contribution in [3.8, 4) is 5.75 Å². The molecule has 1 fully saturated rings. The van der Waals surface area contributed by atoms with Gasteiger partial charge < -0.3 is 10.1 Å². The Morgan fingerprint density at radius 3 is 2.72 bits per heavy atom. The van der Waals surface area contributed by atoms with Crippen molar-refractivity contribution in [3.05, 3.63) is 66.9 Å². The summed E-state index contributed by atoms with van der Waals surface area (Å²) in [7, 11) is 0. The van der Waals surface area contributed by atoms with E-state index in [1.807, 2.05) is 24.3 Å². The summed E-state index contributed by atoms with van der Waals surface area (Å²) < 4.78 is 6.74. The third kappa shape index (κ3) is 4.58. The third-order valence-corrected chi connectivity index (χ3v) is 5.23. The van der Waals surface area contributed by atoms with E-state index in [1.54, 1.807) is 18.2 Å². The predicted molar refractivity (Wildman–Crippen MR) is 106 cm³/mol. The fourth-order valence-corrected chi connectivity index (χ4v) is 3.68. The number of halogens is 3. The molecule has 2 aromatic carbocycles. The first-order valence-electron chi connectivity index (χ1n) is 7.08. The Hall–Kier alpha value is -1.47. The molecule has 8 heteroatoms. The Bertz CT molecular complexity index is 902. The minimum absolute atomic E-state index is 0.113. The van der Waals surface area contributed by atoms with E-state index in [0.717, 1.165) is 27.4 Å². The molecule has 25 heavy (non-hydrogen) atoms. The molecule has 1 aliphatic rings. The molecular weight excluding hydrogens is 447 g/mol. The van der Waals surface area contributed by atoms with Gasteiger partial charge in [0.05, 0.1) is 4.91 Å². The molecule has 1 aliphatic heterocycles. The van der Waals surface area contributed by atoms with Gasteiger partial charge in [0.2, 0.25) is 0 Å². The van der Waals surface area contributed by atoms with Crippen LogP contribution in [0.2, 0.25) is 10.0 Å². The fraction of sp³-hybridized carbons (Fsp3) is 0.0588. The SMILES string of the molecule is N=C1NC(=O)C(=Cc2cc(Br)ccc2OCc2ccc(Cl)cc2Cl)S1. The van der Waals surface area contributed by atoms with Crippen molar-refractivity contribution in [2.24, 2.45) is 0 Å². The molecule has 4 nitrogen and oxygen atoms in total. The van der Waals surface area contributed by atoms with E-state index < -0.39 is 0 Å². The van der Waals surface area contributed by atoms with Crippen LogP contribution in [-0.4, -0.2) is 11.1 Å². The predicted octanol–water partition coefficient (Wildman–Crippen LogP) is 5.47. The lowest BCUT2D eigenvalue weighted by Crippen LogP contribution is -2.18. The maximum absolute atomic E-state index is 11.8. The zero-order valence-corrected chi connectivity index (χ0v) is 16.5. The van der Waals surface area contributed by atoms with Crippen LogP contribution in [0.1, 0.15) is 11.1 Å². The van der Waals surface area contributed by atoms with E-state index in [9.17, 15) is 4.79 Å². The second kappa shape index (κ2) is 7.83. The minimum atomic E-state index is -0.290. The Labute approximate surface area is 167 Å². The summed E-state index contributed by atoms with van der Waals surface area (Å²) in [6, 6.07) is 10.7. The lowest BCUT2D eigenvalue weighted by molar-refractivity contribution is -0.115. The molecule has 1 heterocycles. The van der Waals surface area contributed by atoms with Crippen molar-refractivity contribution in [1.29, 1.82) is 5.41 Å². The number of nitrogens with one attached hydrogen (secondary N) is 2. The van der Waals surface area contributed by atoms with Crippen LogP contribution in [0.25, 0.3) is 6.08 Å². The Morgan fingerprint density at radius 2 is 2.04 bits per heavy atom. The van der Waals surface area contributed by atoms with E-state index in [2.05, 4.69) is 21.2 Å². The van der Waals surface area contributed by atoms with E-state index in [1.165, 1.54) is 0 Å². The van der Waals surface area contributed by atoms with Gasteiger partial charge in [0.15, 0.2) is 5.17 Å². The minimum Gasteiger partial charge on any atom is -0.488 e. The molecule has 0 bridgehead atoms. The molecule has 2 N–H and O–H groups in total. The summed E-state index contributed by atoms with van der Waals surface area (Å²) in [6.07, 6.45) is 1.70. The van der Waals surface area contributed by atoms with Crippen LogP contribution >= 0.6 is 50.9 Å². The number of thioether (sulfide) groups is 1. The highest BCUT2D eigenvalue weighted by Crippen LogP contribution is 2.31. The quantitative estimate of drug-likeness (QED) is 0.598. The molecule has 0 saturated carbocycles. The van der Waals surface area contributed by atoms with Gasteiger partial charge in [-0.25, -0.2) is 0 Å². The lowest BCUT2D eigenvalue weighted by atomic mass is 10.1. The Balaban J connectivity index is 1.85. The summed E-state index contributed by atoms with van der Waals surface area (Å²) in [5.41, 5.74) is 1.54. The molecular formula is C17H11BrCl2N2O2S. The Morgan fingerprint density at radius 1 is 1.24 bits per heavy atom. The number of carbonyl (C=O) groups excluding carboxylic acids is 1. The summed E-state index contributed by atoms with van der Waals surface area (Å²) in [5, 5.41) is 11.2. The number of amidine groups is 1. The van der Waals surface area contributed by atoms with Gasteiger partial charge in [-0.05, 0) is 48.2 Å². The molecule has 1 saturated heterocycles. The van der Waals surface area contributed by atoms with Gasteiger partial charge >= 0.3 is 0 Å². The van der Waals surface area contributed by atoms with E-state index in [-0.39, 0.29) is 17.7 Å². The first-order chi connectivity index (χ1) is 11.9. The van der Waals surface area contributed by atoms with Crippen molar-refractivity contribution in [2.45, 2.75) is 6.61 Å². The van der Waals surface area contributed by atoms with Crippen molar-refractivity contribution >= 4 is 68.0 Å². The standard InChI is InChI=1S/C17H11BrCl2N2O2S/c18-11-2-4-14(24-8-9-1-3-12(19)7-13(9)20)10(5-11)6-15-16(23)22-17(21)25-15/h1-7H,8H2,(H2,21,22,23). The molecule has 2 aromatic rings. The summed E-state index contributed by atoms with van der Waals surface area (Å²) >= 11 is 16.6. The van der Waals surface area contributed by atoms with Crippen molar-refractivity contribution in [2.75, 3.05) is 0 Å². The maximum Gasteiger partial charge on any atom is 0.264 e. The van der Waals surface area contributed by atoms with Crippen molar-refractivity contribution in [3.63, 3.8) is 0 Å². The average Bonchev–Trinajstić information content (AvgIpc) is 2.85. The van der Waals surface area contributed by atoms with Gasteiger partial charge in [0, 0.05) is 25.6 Å². The highest BCUT2D eigenvalue weighted by molar-refractivity contribution is 9.10. The number of hydrogen-bond donors (Lipinski definition) is 2. The number of hydrogen-bond acceptors (Lipinski definition) is 4. The van der Waals surface area contributed by atoms with Gasteiger partial charge in [0.1, 0.15) is 12.4 Å². The van der Waals surface area contributed by atoms with Gasteiger partial charge in [0.25, 0.3) is 5.91 Å². The Kier molecular flexibility index (Phi) is 5.74. The lowest BCUT2D eigenvalue weighted by Gasteiger charge is -2.11. The monoisotopic (exact) mass is 456 g/mol. The number of rotatable bonds is 4. The van der Waals surface area contributed by atoms with Crippen LogP contribution in [0, 0.1) is 5.41 Å². The molecule has 0 aromatic heterocycles. The van der Waals surface area contributed by atoms with Gasteiger partial charge in [-0.3, -0.25) is 10.2 Å². The molecule has 3 rings (SSSR count). The average molecular weight is 458 g/mol. The first kappa shape index (κ1) is 18.3. The molecule has 1 amide bonds. The molecule has 0 radical (unpaired) electrons.